The van der Waals surface area contributed by atoms with Crippen molar-refractivity contribution < 1.29 is 23.1 Å². The molecule has 114 valence electrons. The highest BCUT2D eigenvalue weighted by Gasteiger charge is 2.23. The highest BCUT2D eigenvalue weighted by atomic mass is 19.1. The van der Waals surface area contributed by atoms with Crippen LogP contribution in [0.2, 0.25) is 0 Å². The van der Waals surface area contributed by atoms with Gasteiger partial charge in [0.15, 0.2) is 0 Å². The Bertz CT molecular complexity index is 557. The Morgan fingerprint density at radius 2 is 2.05 bits per heavy atom. The van der Waals surface area contributed by atoms with E-state index in [0.29, 0.717) is 12.5 Å². The van der Waals surface area contributed by atoms with Gasteiger partial charge in [-0.15, -0.1) is 0 Å². The number of anilines is 1. The standard InChI is InChI=1S/C14H16F2N2O3/c1-21-14(20)8-6-12(10(16)7-9(8)15)18-13(19)11-4-2-3-5-17-11/h6-7,11,17H,2-5H2,1H3,(H,18,19)/t11-/m0/s1. The summed E-state index contributed by atoms with van der Waals surface area (Å²) in [5.74, 6) is -3.31. The van der Waals surface area contributed by atoms with E-state index in [1.165, 1.54) is 0 Å². The lowest BCUT2D eigenvalue weighted by Crippen LogP contribution is -2.43. The van der Waals surface area contributed by atoms with Crippen molar-refractivity contribution in [3.63, 3.8) is 0 Å². The summed E-state index contributed by atoms with van der Waals surface area (Å²) >= 11 is 0. The van der Waals surface area contributed by atoms with Gasteiger partial charge >= 0.3 is 5.97 Å². The molecule has 1 aliphatic heterocycles. The van der Waals surface area contributed by atoms with Crippen molar-refractivity contribution in [3.05, 3.63) is 29.3 Å². The topological polar surface area (TPSA) is 67.4 Å². The van der Waals surface area contributed by atoms with Crippen molar-refractivity contribution >= 4 is 17.6 Å². The molecule has 0 aromatic heterocycles. The average molecular weight is 298 g/mol. The summed E-state index contributed by atoms with van der Waals surface area (Å²) < 4.78 is 31.6. The molecule has 0 spiro atoms. The molecule has 0 radical (unpaired) electrons. The summed E-state index contributed by atoms with van der Waals surface area (Å²) in [6, 6.07) is 1.08. The van der Waals surface area contributed by atoms with Crippen molar-refractivity contribution in [2.45, 2.75) is 25.3 Å². The zero-order chi connectivity index (χ0) is 15.4. The van der Waals surface area contributed by atoms with Crippen LogP contribution < -0.4 is 10.6 Å². The molecule has 1 aromatic rings. The first kappa shape index (κ1) is 15.4. The largest absolute Gasteiger partial charge is 0.465 e. The van der Waals surface area contributed by atoms with Gasteiger partial charge in [-0.2, -0.15) is 0 Å². The number of methoxy groups -OCH3 is 1. The zero-order valence-corrected chi connectivity index (χ0v) is 11.5. The van der Waals surface area contributed by atoms with Crippen LogP contribution in [0, 0.1) is 11.6 Å². The second-order valence-corrected chi connectivity index (χ2v) is 4.80. The third-order valence-electron chi connectivity index (χ3n) is 3.35. The average Bonchev–Trinajstić information content (AvgIpc) is 2.50. The second kappa shape index (κ2) is 6.62. The summed E-state index contributed by atoms with van der Waals surface area (Å²) in [4.78, 5) is 23.4. The molecule has 1 fully saturated rings. The quantitative estimate of drug-likeness (QED) is 0.836. The van der Waals surface area contributed by atoms with Crippen LogP contribution in [0.3, 0.4) is 0 Å². The zero-order valence-electron chi connectivity index (χ0n) is 11.5. The maximum Gasteiger partial charge on any atom is 0.340 e. The SMILES string of the molecule is COC(=O)c1cc(NC(=O)[C@@H]2CCCCN2)c(F)cc1F. The third kappa shape index (κ3) is 3.55. The highest BCUT2D eigenvalue weighted by Crippen LogP contribution is 2.21. The molecule has 1 atom stereocenters. The molecule has 0 bridgehead atoms. The van der Waals surface area contributed by atoms with Crippen LogP contribution >= 0.6 is 0 Å². The van der Waals surface area contributed by atoms with Gasteiger partial charge in [0, 0.05) is 6.07 Å². The molecule has 2 rings (SSSR count). The lowest BCUT2D eigenvalue weighted by atomic mass is 10.0. The first-order valence-corrected chi connectivity index (χ1v) is 6.64. The van der Waals surface area contributed by atoms with Crippen molar-refractivity contribution in [2.75, 3.05) is 19.0 Å². The lowest BCUT2D eigenvalue weighted by molar-refractivity contribution is -0.118. The van der Waals surface area contributed by atoms with E-state index in [4.69, 9.17) is 0 Å². The Balaban J connectivity index is 2.18. The molecule has 2 N–H and O–H groups in total. The smallest absolute Gasteiger partial charge is 0.340 e. The van der Waals surface area contributed by atoms with Gasteiger partial charge in [-0.1, -0.05) is 6.42 Å². The van der Waals surface area contributed by atoms with Gasteiger partial charge in [-0.05, 0) is 25.5 Å². The number of halogens is 2. The maximum absolute atomic E-state index is 13.7. The third-order valence-corrected chi connectivity index (χ3v) is 3.35. The van der Waals surface area contributed by atoms with Gasteiger partial charge in [-0.3, -0.25) is 4.79 Å². The van der Waals surface area contributed by atoms with Gasteiger partial charge < -0.3 is 15.4 Å². The number of esters is 1. The first-order valence-electron chi connectivity index (χ1n) is 6.64. The molecule has 1 amide bonds. The minimum absolute atomic E-state index is 0.242. The summed E-state index contributed by atoms with van der Waals surface area (Å²) in [7, 11) is 1.09. The van der Waals surface area contributed by atoms with E-state index in [9.17, 15) is 18.4 Å². The predicted molar refractivity (Wildman–Crippen MR) is 72.0 cm³/mol. The number of rotatable bonds is 3. The molecule has 0 unspecified atom stereocenters. The van der Waals surface area contributed by atoms with Gasteiger partial charge in [0.1, 0.15) is 11.6 Å². The molecule has 1 heterocycles. The summed E-state index contributed by atoms with van der Waals surface area (Å²) in [5.41, 5.74) is -0.667. The maximum atomic E-state index is 13.7. The number of carbonyl (C=O) groups excluding carboxylic acids is 2. The van der Waals surface area contributed by atoms with E-state index in [-0.39, 0.29) is 5.69 Å². The van der Waals surface area contributed by atoms with E-state index in [2.05, 4.69) is 15.4 Å². The highest BCUT2D eigenvalue weighted by molar-refractivity contribution is 5.97. The van der Waals surface area contributed by atoms with E-state index >= 15 is 0 Å². The number of nitrogens with one attached hydrogen (secondary N) is 2. The van der Waals surface area contributed by atoms with Crippen molar-refractivity contribution in [1.29, 1.82) is 0 Å². The first-order chi connectivity index (χ1) is 10.0. The molecule has 5 nitrogen and oxygen atoms in total. The van der Waals surface area contributed by atoms with E-state index < -0.39 is 35.1 Å². The van der Waals surface area contributed by atoms with E-state index in [0.717, 1.165) is 32.6 Å². The Morgan fingerprint density at radius 1 is 1.29 bits per heavy atom. The second-order valence-electron chi connectivity index (χ2n) is 4.80. The Labute approximate surface area is 120 Å². The monoisotopic (exact) mass is 298 g/mol. The minimum Gasteiger partial charge on any atom is -0.465 e. The van der Waals surface area contributed by atoms with Gasteiger partial charge in [0.25, 0.3) is 0 Å². The fraction of sp³-hybridized carbons (Fsp3) is 0.429. The molecule has 0 saturated carbocycles. The molecule has 7 heteroatoms. The van der Waals surface area contributed by atoms with Crippen LogP contribution in [0.25, 0.3) is 0 Å². The molecule has 1 aliphatic rings. The summed E-state index contributed by atoms with van der Waals surface area (Å²) in [5, 5.41) is 5.39. The van der Waals surface area contributed by atoms with Crippen LogP contribution in [0.5, 0.6) is 0 Å². The Kier molecular flexibility index (Phi) is 4.85. The molecule has 1 aromatic carbocycles. The van der Waals surface area contributed by atoms with Gasteiger partial charge in [0.05, 0.1) is 24.4 Å². The van der Waals surface area contributed by atoms with Crippen LogP contribution in [0.1, 0.15) is 29.6 Å². The molecular formula is C14H16F2N2O3. The number of carbonyl (C=O) groups is 2. The number of hydrogen-bond acceptors (Lipinski definition) is 4. The molecule has 21 heavy (non-hydrogen) atoms. The molecule has 1 saturated heterocycles. The van der Waals surface area contributed by atoms with Gasteiger partial charge in [-0.25, -0.2) is 13.6 Å². The number of piperidine rings is 1. The predicted octanol–water partition coefficient (Wildman–Crippen LogP) is 1.83. The Morgan fingerprint density at radius 3 is 2.67 bits per heavy atom. The van der Waals surface area contributed by atoms with Crippen molar-refractivity contribution in [3.8, 4) is 0 Å². The summed E-state index contributed by atoms with van der Waals surface area (Å²) in [6.45, 7) is 0.720. The van der Waals surface area contributed by atoms with Crippen molar-refractivity contribution in [1.82, 2.24) is 5.32 Å². The van der Waals surface area contributed by atoms with Crippen LogP contribution in [-0.2, 0) is 9.53 Å². The number of benzene rings is 1. The van der Waals surface area contributed by atoms with E-state index in [1.54, 1.807) is 0 Å². The van der Waals surface area contributed by atoms with Crippen LogP contribution in [0.15, 0.2) is 12.1 Å². The van der Waals surface area contributed by atoms with Crippen LogP contribution in [0.4, 0.5) is 14.5 Å². The number of ether oxygens (including phenoxy) is 1. The Hall–Kier alpha value is -2.02. The number of amides is 1. The fourth-order valence-electron chi connectivity index (χ4n) is 2.21. The van der Waals surface area contributed by atoms with Crippen LogP contribution in [-0.4, -0.2) is 31.6 Å². The van der Waals surface area contributed by atoms with Crippen molar-refractivity contribution in [2.24, 2.45) is 0 Å². The fourth-order valence-corrected chi connectivity index (χ4v) is 2.21. The summed E-state index contributed by atoms with van der Waals surface area (Å²) in [6.07, 6.45) is 2.55. The lowest BCUT2D eigenvalue weighted by Gasteiger charge is -2.22. The molecule has 0 aliphatic carbocycles. The normalized spacial score (nSPS) is 18.1. The number of hydrogen-bond donors (Lipinski definition) is 2. The molecular weight excluding hydrogens is 282 g/mol. The van der Waals surface area contributed by atoms with E-state index in [1.807, 2.05) is 0 Å². The minimum atomic E-state index is -1.03. The van der Waals surface area contributed by atoms with Gasteiger partial charge in [0.2, 0.25) is 5.91 Å².